The number of carbonyl (C=O) groups excluding carboxylic acids is 1. The van der Waals surface area contributed by atoms with E-state index in [0.29, 0.717) is 0 Å². The van der Waals surface area contributed by atoms with Gasteiger partial charge in [-0.05, 0) is 48.7 Å². The van der Waals surface area contributed by atoms with Crippen LogP contribution in [0.15, 0.2) is 24.3 Å². The molecule has 1 aromatic carbocycles. The van der Waals surface area contributed by atoms with Gasteiger partial charge in [0, 0.05) is 25.6 Å². The second-order valence-corrected chi connectivity index (χ2v) is 9.86. The third-order valence-electron chi connectivity index (χ3n) is 4.48. The van der Waals surface area contributed by atoms with Crippen LogP contribution < -0.4 is 0 Å². The highest BCUT2D eigenvalue weighted by molar-refractivity contribution is 5.88. The highest BCUT2D eigenvalue weighted by Gasteiger charge is 2.25. The van der Waals surface area contributed by atoms with Crippen molar-refractivity contribution in [1.29, 1.82) is 0 Å². The summed E-state index contributed by atoms with van der Waals surface area (Å²) >= 11 is 0. The van der Waals surface area contributed by atoms with E-state index in [-0.39, 0.29) is 16.8 Å². The number of hydrogen-bond donors (Lipinski definition) is 0. The van der Waals surface area contributed by atoms with Crippen molar-refractivity contribution in [2.75, 3.05) is 27.7 Å². The lowest BCUT2D eigenvalue weighted by Crippen LogP contribution is -2.33. The van der Waals surface area contributed by atoms with Gasteiger partial charge in [-0.25, -0.2) is 9.78 Å². The monoisotopic (exact) mass is 385 g/mol. The van der Waals surface area contributed by atoms with Gasteiger partial charge in [0.1, 0.15) is 5.82 Å². The van der Waals surface area contributed by atoms with Crippen LogP contribution in [0.4, 0.5) is 0 Å². The Morgan fingerprint density at radius 1 is 1.21 bits per heavy atom. The number of hydrogen-bond acceptors (Lipinski definition) is 4. The van der Waals surface area contributed by atoms with Crippen molar-refractivity contribution >= 4 is 23.1 Å². The summed E-state index contributed by atoms with van der Waals surface area (Å²) in [6, 6.07) is 6.17. The number of benzene rings is 1. The summed E-state index contributed by atoms with van der Waals surface area (Å²) in [5.74, 6) is 0.757. The van der Waals surface area contributed by atoms with Crippen LogP contribution in [0, 0.1) is 10.8 Å². The summed E-state index contributed by atoms with van der Waals surface area (Å²) in [6.07, 6.45) is 4.12. The lowest BCUT2D eigenvalue weighted by atomic mass is 9.90. The second kappa shape index (κ2) is 8.48. The van der Waals surface area contributed by atoms with Gasteiger partial charge in [-0.3, -0.25) is 0 Å². The standard InChI is InChI=1S/C23H35N3O2/c1-22(2,3)14-20-24-18-13-17(10-12-21(27)28-8)9-11-19(18)26(20)16-23(4,5)15-25(6)7/h9-13H,14-16H2,1-8H3/b12-10+. The van der Waals surface area contributed by atoms with Crippen molar-refractivity contribution in [3.63, 3.8) is 0 Å². The van der Waals surface area contributed by atoms with Crippen molar-refractivity contribution in [3.05, 3.63) is 35.7 Å². The van der Waals surface area contributed by atoms with Crippen molar-refractivity contribution in [2.45, 2.75) is 47.6 Å². The van der Waals surface area contributed by atoms with E-state index >= 15 is 0 Å². The summed E-state index contributed by atoms with van der Waals surface area (Å²) < 4.78 is 7.05. The van der Waals surface area contributed by atoms with Crippen molar-refractivity contribution in [3.8, 4) is 0 Å². The molecule has 0 amide bonds. The number of fused-ring (bicyclic) bond motifs is 1. The lowest BCUT2D eigenvalue weighted by Gasteiger charge is -2.30. The minimum atomic E-state index is -0.357. The zero-order valence-corrected chi connectivity index (χ0v) is 18.7. The number of methoxy groups -OCH3 is 1. The minimum absolute atomic E-state index is 0.118. The van der Waals surface area contributed by atoms with Gasteiger partial charge in [0.2, 0.25) is 0 Å². The second-order valence-electron chi connectivity index (χ2n) is 9.86. The Morgan fingerprint density at radius 3 is 2.46 bits per heavy atom. The van der Waals surface area contributed by atoms with Crippen molar-refractivity contribution < 1.29 is 9.53 Å². The molecule has 0 N–H and O–H groups in total. The van der Waals surface area contributed by atoms with Crippen LogP contribution in [0.5, 0.6) is 0 Å². The highest BCUT2D eigenvalue weighted by atomic mass is 16.5. The van der Waals surface area contributed by atoms with Crippen LogP contribution >= 0.6 is 0 Å². The van der Waals surface area contributed by atoms with Gasteiger partial charge in [-0.1, -0.05) is 40.7 Å². The van der Waals surface area contributed by atoms with E-state index in [2.05, 4.69) is 69.0 Å². The predicted molar refractivity (Wildman–Crippen MR) is 116 cm³/mol. The number of imidazole rings is 1. The Labute approximate surface area is 169 Å². The molecule has 0 saturated carbocycles. The maximum absolute atomic E-state index is 11.4. The van der Waals surface area contributed by atoms with Crippen LogP contribution in [0.2, 0.25) is 0 Å². The first-order chi connectivity index (χ1) is 12.9. The van der Waals surface area contributed by atoms with E-state index in [1.807, 2.05) is 12.1 Å². The fourth-order valence-corrected chi connectivity index (χ4v) is 3.65. The number of rotatable bonds is 7. The molecule has 0 radical (unpaired) electrons. The Hall–Kier alpha value is -2.14. The first-order valence-corrected chi connectivity index (χ1v) is 9.80. The first kappa shape index (κ1) is 22.2. The molecule has 2 rings (SSSR count). The average molecular weight is 386 g/mol. The Bertz CT molecular complexity index is 855. The predicted octanol–water partition coefficient (Wildman–Crippen LogP) is 4.40. The van der Waals surface area contributed by atoms with Gasteiger partial charge in [0.15, 0.2) is 0 Å². The number of aromatic nitrogens is 2. The highest BCUT2D eigenvalue weighted by Crippen LogP contribution is 2.29. The Morgan fingerprint density at radius 2 is 1.89 bits per heavy atom. The molecule has 0 aliphatic carbocycles. The summed E-state index contributed by atoms with van der Waals surface area (Å²) in [7, 11) is 5.61. The van der Waals surface area contributed by atoms with Crippen molar-refractivity contribution in [2.24, 2.45) is 10.8 Å². The van der Waals surface area contributed by atoms with Gasteiger partial charge in [0.25, 0.3) is 0 Å². The normalized spacial score (nSPS) is 13.0. The fourth-order valence-electron chi connectivity index (χ4n) is 3.65. The van der Waals surface area contributed by atoms with Crippen LogP contribution in [0.25, 0.3) is 17.1 Å². The summed E-state index contributed by atoms with van der Waals surface area (Å²) in [4.78, 5) is 18.6. The molecule has 0 fully saturated rings. The van der Waals surface area contributed by atoms with Gasteiger partial charge in [-0.15, -0.1) is 0 Å². The molecular weight excluding hydrogens is 350 g/mol. The van der Waals surface area contributed by atoms with Gasteiger partial charge in [-0.2, -0.15) is 0 Å². The smallest absolute Gasteiger partial charge is 0.330 e. The quantitative estimate of drug-likeness (QED) is 0.524. The van der Waals surface area contributed by atoms with Crippen LogP contribution in [0.3, 0.4) is 0 Å². The molecule has 0 bridgehead atoms. The fraction of sp³-hybridized carbons (Fsp3) is 0.565. The van der Waals surface area contributed by atoms with Gasteiger partial charge in [0.05, 0.1) is 18.1 Å². The van der Waals surface area contributed by atoms with Gasteiger partial charge < -0.3 is 14.2 Å². The molecule has 5 nitrogen and oxygen atoms in total. The number of esters is 1. The third kappa shape index (κ3) is 6.20. The molecule has 1 heterocycles. The molecule has 2 aromatic rings. The topological polar surface area (TPSA) is 47.4 Å². The van der Waals surface area contributed by atoms with E-state index in [0.717, 1.165) is 41.9 Å². The first-order valence-electron chi connectivity index (χ1n) is 9.80. The zero-order chi connectivity index (χ0) is 21.1. The molecule has 28 heavy (non-hydrogen) atoms. The molecule has 0 unspecified atom stereocenters. The molecule has 0 spiro atoms. The Balaban J connectivity index is 2.48. The van der Waals surface area contributed by atoms with E-state index < -0.39 is 0 Å². The molecule has 154 valence electrons. The molecule has 0 saturated heterocycles. The molecular formula is C23H35N3O2. The van der Waals surface area contributed by atoms with Gasteiger partial charge >= 0.3 is 5.97 Å². The zero-order valence-electron chi connectivity index (χ0n) is 18.7. The summed E-state index contributed by atoms with van der Waals surface area (Å²) in [5, 5.41) is 0. The molecule has 0 aliphatic heterocycles. The van der Waals surface area contributed by atoms with E-state index in [4.69, 9.17) is 4.98 Å². The number of ether oxygens (including phenoxy) is 1. The number of carbonyl (C=O) groups is 1. The maximum atomic E-state index is 11.4. The molecule has 0 aliphatic rings. The molecule has 5 heteroatoms. The maximum Gasteiger partial charge on any atom is 0.330 e. The van der Waals surface area contributed by atoms with E-state index in [1.54, 1.807) is 6.08 Å². The summed E-state index contributed by atoms with van der Waals surface area (Å²) in [5.41, 5.74) is 3.32. The van der Waals surface area contributed by atoms with Crippen molar-refractivity contribution in [1.82, 2.24) is 14.5 Å². The van der Waals surface area contributed by atoms with E-state index in [1.165, 1.54) is 13.2 Å². The SMILES string of the molecule is COC(=O)/C=C/c1ccc2c(c1)nc(CC(C)(C)C)n2CC(C)(C)CN(C)C. The minimum Gasteiger partial charge on any atom is -0.466 e. The molecule has 1 aromatic heterocycles. The summed E-state index contributed by atoms with van der Waals surface area (Å²) in [6.45, 7) is 13.2. The van der Waals surface area contributed by atoms with Crippen LogP contribution in [-0.4, -0.2) is 48.2 Å². The Kier molecular flexibility index (Phi) is 6.71. The third-order valence-corrected chi connectivity index (χ3v) is 4.48. The van der Waals surface area contributed by atoms with E-state index in [9.17, 15) is 4.79 Å². The molecule has 0 atom stereocenters. The van der Waals surface area contributed by atoms with Crippen LogP contribution in [0.1, 0.15) is 46.0 Å². The lowest BCUT2D eigenvalue weighted by molar-refractivity contribution is -0.134. The number of nitrogens with zero attached hydrogens (tertiary/aromatic N) is 3. The largest absolute Gasteiger partial charge is 0.466 e. The average Bonchev–Trinajstić information content (AvgIpc) is 2.85. The van der Waals surface area contributed by atoms with Crippen LogP contribution in [-0.2, 0) is 22.5 Å².